The third kappa shape index (κ3) is 44.7. The number of hydrogen-bond donors (Lipinski definition) is 0. The van der Waals surface area contributed by atoms with Crippen LogP contribution < -0.4 is 0 Å². The summed E-state index contributed by atoms with van der Waals surface area (Å²) < 4.78 is 16.7. The zero-order chi connectivity index (χ0) is 42.3. The molecule has 58 heavy (non-hydrogen) atoms. The van der Waals surface area contributed by atoms with Crippen LogP contribution in [0.4, 0.5) is 0 Å². The van der Waals surface area contributed by atoms with E-state index in [0.717, 1.165) is 96.3 Å². The lowest BCUT2D eigenvalue weighted by Gasteiger charge is -2.18. The van der Waals surface area contributed by atoms with Gasteiger partial charge in [0, 0.05) is 19.3 Å². The molecule has 0 spiro atoms. The van der Waals surface area contributed by atoms with Crippen LogP contribution in [0.1, 0.15) is 258 Å². The van der Waals surface area contributed by atoms with Crippen LogP contribution in [0.2, 0.25) is 0 Å². The molecule has 0 rings (SSSR count). The molecule has 0 aliphatic carbocycles. The van der Waals surface area contributed by atoms with Crippen LogP contribution in [0, 0.1) is 0 Å². The van der Waals surface area contributed by atoms with Crippen LogP contribution in [0.25, 0.3) is 0 Å². The summed E-state index contributed by atoms with van der Waals surface area (Å²) in [4.78, 5) is 37.8. The molecule has 338 valence electrons. The molecule has 0 fully saturated rings. The van der Waals surface area contributed by atoms with Gasteiger partial charge in [0.1, 0.15) is 13.2 Å². The summed E-state index contributed by atoms with van der Waals surface area (Å²) in [6, 6.07) is 0. The van der Waals surface area contributed by atoms with Gasteiger partial charge >= 0.3 is 17.9 Å². The molecular formula is C52H94O6. The van der Waals surface area contributed by atoms with Gasteiger partial charge in [-0.2, -0.15) is 0 Å². The average Bonchev–Trinajstić information content (AvgIpc) is 3.22. The summed E-state index contributed by atoms with van der Waals surface area (Å²) in [5, 5.41) is 0. The first-order chi connectivity index (χ1) is 28.5. The smallest absolute Gasteiger partial charge is 0.306 e. The van der Waals surface area contributed by atoms with Crippen molar-refractivity contribution in [3.8, 4) is 0 Å². The molecule has 1 atom stereocenters. The molecule has 6 nitrogen and oxygen atoms in total. The fourth-order valence-corrected chi connectivity index (χ4v) is 7.05. The number of unbranched alkanes of at least 4 members (excludes halogenated alkanes) is 28. The molecular weight excluding hydrogens is 721 g/mol. The van der Waals surface area contributed by atoms with Gasteiger partial charge in [0.15, 0.2) is 6.10 Å². The van der Waals surface area contributed by atoms with Crippen molar-refractivity contribution in [2.24, 2.45) is 0 Å². The summed E-state index contributed by atoms with van der Waals surface area (Å²) >= 11 is 0. The highest BCUT2D eigenvalue weighted by Crippen LogP contribution is 2.15. The number of allylic oxidation sites excluding steroid dienone is 6. The Bertz CT molecular complexity index is 984. The molecule has 0 N–H and O–H groups in total. The minimum atomic E-state index is -0.778. The molecule has 0 aromatic rings. The van der Waals surface area contributed by atoms with Crippen molar-refractivity contribution in [2.45, 2.75) is 264 Å². The van der Waals surface area contributed by atoms with E-state index in [-0.39, 0.29) is 31.1 Å². The summed E-state index contributed by atoms with van der Waals surface area (Å²) in [5.74, 6) is -0.896. The molecule has 0 heterocycles. The Labute approximate surface area is 359 Å². The van der Waals surface area contributed by atoms with Crippen LogP contribution in [0.3, 0.4) is 0 Å². The number of esters is 3. The maximum atomic E-state index is 12.7. The second-order valence-corrected chi connectivity index (χ2v) is 16.7. The first kappa shape index (κ1) is 55.6. The fraction of sp³-hybridized carbons (Fsp3) is 0.827. The highest BCUT2D eigenvalue weighted by molar-refractivity contribution is 5.71. The lowest BCUT2D eigenvalue weighted by atomic mass is 10.0. The lowest BCUT2D eigenvalue weighted by Crippen LogP contribution is -2.30. The van der Waals surface area contributed by atoms with E-state index >= 15 is 0 Å². The van der Waals surface area contributed by atoms with E-state index < -0.39 is 6.10 Å². The van der Waals surface area contributed by atoms with Crippen molar-refractivity contribution in [3.63, 3.8) is 0 Å². The third-order valence-corrected chi connectivity index (χ3v) is 10.8. The van der Waals surface area contributed by atoms with Gasteiger partial charge < -0.3 is 14.2 Å². The van der Waals surface area contributed by atoms with Crippen molar-refractivity contribution in [1.82, 2.24) is 0 Å². The largest absolute Gasteiger partial charge is 0.462 e. The standard InChI is InChI=1S/C52H94O6/c1-4-7-10-13-16-19-22-24-26-27-29-30-33-36-39-42-45-51(54)57-48-49(47-56-50(53)44-41-38-35-32-21-18-15-12-9-6-3)58-52(55)46-43-40-37-34-31-28-25-23-20-17-14-11-8-5-2/h12,14-15,17,23,25,49H,4-11,13,16,18-22,24,26-48H2,1-3H3/b15-12-,17-14-,25-23-. The first-order valence-electron chi connectivity index (χ1n) is 25.0. The van der Waals surface area contributed by atoms with E-state index in [1.165, 1.54) is 122 Å². The van der Waals surface area contributed by atoms with Gasteiger partial charge in [0.05, 0.1) is 0 Å². The van der Waals surface area contributed by atoms with Gasteiger partial charge in [-0.3, -0.25) is 14.4 Å². The molecule has 0 amide bonds. The molecule has 0 saturated carbocycles. The highest BCUT2D eigenvalue weighted by atomic mass is 16.6. The second kappa shape index (κ2) is 47.3. The Morgan fingerprint density at radius 1 is 0.345 bits per heavy atom. The van der Waals surface area contributed by atoms with E-state index in [9.17, 15) is 14.4 Å². The topological polar surface area (TPSA) is 78.9 Å². The van der Waals surface area contributed by atoms with E-state index in [2.05, 4.69) is 57.2 Å². The SMILES string of the molecule is CCC/C=C\CCCCCCCC(=O)OCC(COC(=O)CCCCCCCCCCCCCCCCCC)OC(=O)CCCCCCC/C=C\C/C=C\CCCC. The average molecular weight is 815 g/mol. The van der Waals surface area contributed by atoms with Gasteiger partial charge in [-0.05, 0) is 64.2 Å². The zero-order valence-corrected chi connectivity index (χ0v) is 38.6. The number of carbonyl (C=O) groups excluding carboxylic acids is 3. The summed E-state index contributed by atoms with van der Waals surface area (Å²) in [6.07, 6.45) is 54.1. The van der Waals surface area contributed by atoms with Crippen molar-refractivity contribution in [1.29, 1.82) is 0 Å². The molecule has 6 heteroatoms. The van der Waals surface area contributed by atoms with Crippen LogP contribution in [0.15, 0.2) is 36.5 Å². The lowest BCUT2D eigenvalue weighted by molar-refractivity contribution is -0.167. The maximum absolute atomic E-state index is 12.7. The molecule has 0 aromatic heterocycles. The molecule has 0 aromatic carbocycles. The fourth-order valence-electron chi connectivity index (χ4n) is 7.05. The van der Waals surface area contributed by atoms with Crippen molar-refractivity contribution >= 4 is 17.9 Å². The number of ether oxygens (including phenoxy) is 3. The monoisotopic (exact) mass is 815 g/mol. The van der Waals surface area contributed by atoms with Crippen LogP contribution in [-0.4, -0.2) is 37.2 Å². The van der Waals surface area contributed by atoms with Gasteiger partial charge in [-0.15, -0.1) is 0 Å². The quantitative estimate of drug-likeness (QED) is 0.0264. The molecule has 0 aliphatic rings. The Balaban J connectivity index is 4.34. The summed E-state index contributed by atoms with van der Waals surface area (Å²) in [7, 11) is 0. The van der Waals surface area contributed by atoms with E-state index in [0.29, 0.717) is 19.3 Å². The van der Waals surface area contributed by atoms with Gasteiger partial charge in [-0.25, -0.2) is 0 Å². The third-order valence-electron chi connectivity index (χ3n) is 10.8. The van der Waals surface area contributed by atoms with E-state index in [1.54, 1.807) is 0 Å². The zero-order valence-electron chi connectivity index (χ0n) is 38.6. The molecule has 0 aliphatic heterocycles. The predicted molar refractivity (Wildman–Crippen MR) is 247 cm³/mol. The van der Waals surface area contributed by atoms with Gasteiger partial charge in [0.25, 0.3) is 0 Å². The molecule has 0 saturated heterocycles. The van der Waals surface area contributed by atoms with Crippen molar-refractivity contribution in [2.75, 3.05) is 13.2 Å². The van der Waals surface area contributed by atoms with Gasteiger partial charge in [0.2, 0.25) is 0 Å². The Hall–Kier alpha value is -2.37. The Kier molecular flexibility index (Phi) is 45.4. The summed E-state index contributed by atoms with van der Waals surface area (Å²) in [5.41, 5.74) is 0. The molecule has 0 bridgehead atoms. The van der Waals surface area contributed by atoms with Crippen LogP contribution >= 0.6 is 0 Å². The highest BCUT2D eigenvalue weighted by Gasteiger charge is 2.19. The van der Waals surface area contributed by atoms with Gasteiger partial charge in [-0.1, -0.05) is 211 Å². The van der Waals surface area contributed by atoms with E-state index in [1.807, 2.05) is 0 Å². The van der Waals surface area contributed by atoms with Crippen molar-refractivity contribution < 1.29 is 28.6 Å². The Morgan fingerprint density at radius 3 is 1.09 bits per heavy atom. The maximum Gasteiger partial charge on any atom is 0.306 e. The van der Waals surface area contributed by atoms with E-state index in [4.69, 9.17) is 14.2 Å². The molecule has 1 unspecified atom stereocenters. The predicted octanol–water partition coefficient (Wildman–Crippen LogP) is 16.1. The van der Waals surface area contributed by atoms with Crippen LogP contribution in [0.5, 0.6) is 0 Å². The minimum absolute atomic E-state index is 0.0779. The molecule has 0 radical (unpaired) electrons. The number of hydrogen-bond acceptors (Lipinski definition) is 6. The summed E-state index contributed by atoms with van der Waals surface area (Å²) in [6.45, 7) is 6.53. The van der Waals surface area contributed by atoms with Crippen molar-refractivity contribution in [3.05, 3.63) is 36.5 Å². The normalized spacial score (nSPS) is 12.3. The minimum Gasteiger partial charge on any atom is -0.462 e. The van der Waals surface area contributed by atoms with Crippen LogP contribution in [-0.2, 0) is 28.6 Å². The number of rotatable bonds is 45. The second-order valence-electron chi connectivity index (χ2n) is 16.7. The number of carbonyl (C=O) groups is 3. The first-order valence-corrected chi connectivity index (χ1v) is 25.0. The Morgan fingerprint density at radius 2 is 0.672 bits per heavy atom.